The molecule has 2 aromatic carbocycles. The topological polar surface area (TPSA) is 130 Å². The van der Waals surface area contributed by atoms with Crippen LogP contribution >= 0.6 is 0 Å². The van der Waals surface area contributed by atoms with Crippen LogP contribution < -0.4 is 4.90 Å². The van der Waals surface area contributed by atoms with Crippen molar-refractivity contribution >= 4 is 34.9 Å². The van der Waals surface area contributed by atoms with Crippen LogP contribution in [-0.2, 0) is 23.9 Å². The van der Waals surface area contributed by atoms with Crippen molar-refractivity contribution in [1.82, 2.24) is 19.9 Å². The van der Waals surface area contributed by atoms with Gasteiger partial charge in [0.2, 0.25) is 11.8 Å². The Hall–Kier alpha value is -5.42. The molecule has 1 saturated heterocycles. The summed E-state index contributed by atoms with van der Waals surface area (Å²) in [6.45, 7) is 2.41. The van der Waals surface area contributed by atoms with Gasteiger partial charge in [-0.15, -0.1) is 0 Å². The lowest BCUT2D eigenvalue weighted by molar-refractivity contribution is -0.151. The lowest BCUT2D eigenvalue weighted by atomic mass is 9.74. The molecule has 2 aliphatic carbocycles. The lowest BCUT2D eigenvalue weighted by Gasteiger charge is -2.33. The molecular weight excluding hydrogens is 705 g/mol. The van der Waals surface area contributed by atoms with Crippen LogP contribution in [0, 0.1) is 29.6 Å². The summed E-state index contributed by atoms with van der Waals surface area (Å²) < 4.78 is 10.3. The first-order valence-corrected chi connectivity index (χ1v) is 19.8. The molecule has 0 spiro atoms. The predicted octanol–water partition coefficient (Wildman–Crippen LogP) is 7.53. The number of nitrogens with one attached hydrogen (secondary N) is 1. The molecule has 11 nitrogen and oxygen atoms in total. The largest absolute Gasteiger partial charge is 0.469 e. The zero-order valence-electron chi connectivity index (χ0n) is 32.6. The number of methoxy groups -OCH3 is 2. The average molecular weight is 755 g/mol. The van der Waals surface area contributed by atoms with Crippen molar-refractivity contribution in [3.63, 3.8) is 0 Å². The van der Waals surface area contributed by atoms with E-state index in [0.29, 0.717) is 24.2 Å². The van der Waals surface area contributed by atoms with Gasteiger partial charge in [0.1, 0.15) is 11.6 Å². The number of hydrogen-bond donors (Lipinski definition) is 1. The number of imidazole rings is 1. The Morgan fingerprint density at radius 2 is 1.62 bits per heavy atom. The summed E-state index contributed by atoms with van der Waals surface area (Å²) in [4.78, 5) is 60.8. The quantitative estimate of drug-likeness (QED) is 0.148. The van der Waals surface area contributed by atoms with Crippen molar-refractivity contribution in [3.05, 3.63) is 96.7 Å². The van der Waals surface area contributed by atoms with E-state index in [1.54, 1.807) is 18.2 Å². The summed E-state index contributed by atoms with van der Waals surface area (Å²) in [5.74, 6) is 1.46. The second-order valence-corrected chi connectivity index (χ2v) is 15.8. The molecule has 1 N–H and O–H groups in total. The summed E-state index contributed by atoms with van der Waals surface area (Å²) in [5, 5.41) is 0. The van der Waals surface area contributed by atoms with Crippen LogP contribution in [0.2, 0.25) is 0 Å². The van der Waals surface area contributed by atoms with Crippen molar-refractivity contribution in [1.29, 1.82) is 0 Å². The third-order valence-corrected chi connectivity index (χ3v) is 12.8. The molecule has 7 atom stereocenters. The number of anilines is 1. The summed E-state index contributed by atoms with van der Waals surface area (Å²) in [6, 6.07) is 22.6. The minimum absolute atomic E-state index is 0.0313. The number of rotatable bonds is 12. The monoisotopic (exact) mass is 754 g/mol. The SMILES string of the molecule is COC(=O)C[C@H](C(=O)N1CCCC1c1ncc(-c2ccc(-c3ccc(C4=CN=C([C@H]5C6CCC(C6)[C@@H]5C(=O)N(C)c5ccccn5)C4)cc3)cc2)[nH]1)[C@@H](C)OC. The van der Waals surface area contributed by atoms with Gasteiger partial charge in [-0.3, -0.25) is 24.3 Å². The highest BCUT2D eigenvalue weighted by molar-refractivity contribution is 6.04. The zero-order valence-corrected chi connectivity index (χ0v) is 32.6. The number of carbonyl (C=O) groups excluding carboxylic acids is 3. The molecule has 8 rings (SSSR count). The second kappa shape index (κ2) is 16.0. The van der Waals surface area contributed by atoms with E-state index >= 15 is 0 Å². The van der Waals surface area contributed by atoms with Crippen LogP contribution in [0.4, 0.5) is 5.82 Å². The highest BCUT2D eigenvalue weighted by atomic mass is 16.5. The Balaban J connectivity index is 0.905. The number of esters is 1. The number of carbonyl (C=O) groups is 3. The van der Waals surface area contributed by atoms with E-state index < -0.39 is 18.0 Å². The Morgan fingerprint density at radius 1 is 0.911 bits per heavy atom. The van der Waals surface area contributed by atoms with Gasteiger partial charge in [-0.25, -0.2) is 9.97 Å². The summed E-state index contributed by atoms with van der Waals surface area (Å²) in [7, 11) is 4.73. The van der Waals surface area contributed by atoms with E-state index in [1.807, 2.05) is 49.5 Å². The number of nitrogens with zero attached hydrogens (tertiary/aromatic N) is 5. The number of likely N-dealkylation sites (tertiary alicyclic amines) is 1. The van der Waals surface area contributed by atoms with Gasteiger partial charge in [-0.05, 0) is 90.8 Å². The molecule has 2 bridgehead atoms. The summed E-state index contributed by atoms with van der Waals surface area (Å²) in [6.07, 6.45) is 10.9. The van der Waals surface area contributed by atoms with Gasteiger partial charge in [0, 0.05) is 57.1 Å². The molecule has 3 unspecified atom stereocenters. The van der Waals surface area contributed by atoms with Crippen LogP contribution in [-0.4, -0.2) is 77.3 Å². The van der Waals surface area contributed by atoms with Crippen molar-refractivity contribution in [2.75, 3.05) is 32.7 Å². The highest BCUT2D eigenvalue weighted by Gasteiger charge is 2.53. The number of allylic oxidation sites excluding steroid dienone is 1. The highest BCUT2D eigenvalue weighted by Crippen LogP contribution is 2.54. The Morgan fingerprint density at radius 3 is 2.32 bits per heavy atom. The van der Waals surface area contributed by atoms with E-state index in [2.05, 4.69) is 58.5 Å². The predicted molar refractivity (Wildman–Crippen MR) is 215 cm³/mol. The molecule has 290 valence electrons. The summed E-state index contributed by atoms with van der Waals surface area (Å²) in [5.41, 5.74) is 7.60. The number of ether oxygens (including phenoxy) is 2. The van der Waals surface area contributed by atoms with E-state index in [1.165, 1.54) is 19.1 Å². The maximum Gasteiger partial charge on any atom is 0.306 e. The summed E-state index contributed by atoms with van der Waals surface area (Å²) >= 11 is 0. The minimum atomic E-state index is -0.632. The van der Waals surface area contributed by atoms with Gasteiger partial charge in [0.05, 0.1) is 43.5 Å². The first-order chi connectivity index (χ1) is 27.2. The molecule has 0 radical (unpaired) electrons. The fraction of sp³-hybridized carbons (Fsp3) is 0.422. The van der Waals surface area contributed by atoms with Gasteiger partial charge in [0.25, 0.3) is 0 Å². The number of pyridine rings is 1. The molecule has 56 heavy (non-hydrogen) atoms. The number of aromatic nitrogens is 3. The Labute approximate surface area is 328 Å². The van der Waals surface area contributed by atoms with Crippen molar-refractivity contribution in [2.24, 2.45) is 34.6 Å². The minimum Gasteiger partial charge on any atom is -0.469 e. The van der Waals surface area contributed by atoms with Crippen LogP contribution in [0.1, 0.15) is 69.3 Å². The molecule has 2 aliphatic heterocycles. The third-order valence-electron chi connectivity index (χ3n) is 12.8. The average Bonchev–Trinajstić information content (AvgIpc) is 4.11. The molecular formula is C45H50N6O5. The van der Waals surface area contributed by atoms with Crippen molar-refractivity contribution in [2.45, 2.75) is 64.0 Å². The van der Waals surface area contributed by atoms with Gasteiger partial charge in [-0.1, -0.05) is 54.6 Å². The standard InChI is InChI=1S/C45H50N6O5/c1-27(55-3)35(24-40(52)56-4)44(53)51-21-7-8-38(51)43-48-26-37(49-43)31-16-14-29(15-17-31)28-10-12-30(13-11-28)34-23-36(47-25-34)41-32-18-19-33(22-32)42(41)45(54)50(2)39-9-5-6-20-46-39/h5-6,9-17,20,25-27,32-33,35,38,41-42H,7-8,18-19,21-24H2,1-4H3,(H,48,49)/t27-,32?,33?,35+,38?,41-,42+/m1/s1. The van der Waals surface area contributed by atoms with Crippen LogP contribution in [0.15, 0.2) is 90.3 Å². The van der Waals surface area contributed by atoms with Gasteiger partial charge < -0.3 is 19.4 Å². The first-order valence-electron chi connectivity index (χ1n) is 19.8. The zero-order chi connectivity index (χ0) is 38.9. The van der Waals surface area contributed by atoms with E-state index in [4.69, 9.17) is 19.5 Å². The van der Waals surface area contributed by atoms with Gasteiger partial charge in [0.15, 0.2) is 0 Å². The molecule has 4 aliphatic rings. The molecule has 4 heterocycles. The molecule has 11 heteroatoms. The maximum atomic E-state index is 13.9. The maximum absolute atomic E-state index is 13.9. The normalized spacial score (nSPS) is 23.8. The number of fused-ring (bicyclic) bond motifs is 2. The Bertz CT molecular complexity index is 2130. The number of benzene rings is 2. The molecule has 2 amide bonds. The number of hydrogen-bond acceptors (Lipinski definition) is 8. The molecule has 2 saturated carbocycles. The smallest absolute Gasteiger partial charge is 0.306 e. The van der Waals surface area contributed by atoms with Gasteiger partial charge in [-0.2, -0.15) is 0 Å². The van der Waals surface area contributed by atoms with Gasteiger partial charge >= 0.3 is 5.97 Å². The number of amides is 2. The fourth-order valence-electron chi connectivity index (χ4n) is 9.62. The van der Waals surface area contributed by atoms with Crippen LogP contribution in [0.5, 0.6) is 0 Å². The second-order valence-electron chi connectivity index (χ2n) is 15.8. The number of aliphatic imine (C=N–C) groups is 1. The fourth-order valence-corrected chi connectivity index (χ4v) is 9.62. The first kappa shape index (κ1) is 37.5. The van der Waals surface area contributed by atoms with E-state index in [-0.39, 0.29) is 36.1 Å². The van der Waals surface area contributed by atoms with Crippen LogP contribution in [0.25, 0.3) is 28.0 Å². The molecule has 2 aromatic heterocycles. The van der Waals surface area contributed by atoms with Crippen LogP contribution in [0.3, 0.4) is 0 Å². The van der Waals surface area contributed by atoms with E-state index in [0.717, 1.165) is 71.6 Å². The molecule has 4 aromatic rings. The van der Waals surface area contributed by atoms with Crippen molar-refractivity contribution < 1.29 is 23.9 Å². The van der Waals surface area contributed by atoms with Crippen molar-refractivity contribution in [3.8, 4) is 22.4 Å². The third kappa shape index (κ3) is 7.20. The number of H-pyrrole nitrogens is 1. The number of aromatic amines is 1. The lowest BCUT2D eigenvalue weighted by Crippen LogP contribution is -2.42. The Kier molecular flexibility index (Phi) is 10.7. The molecule has 3 fully saturated rings. The van der Waals surface area contributed by atoms with E-state index in [9.17, 15) is 14.4 Å².